The lowest BCUT2D eigenvalue weighted by Gasteiger charge is -2.31. The normalized spacial score (nSPS) is 23.7. The van der Waals surface area contributed by atoms with E-state index in [1.807, 2.05) is 0 Å². The number of rotatable bonds is 1. The quantitative estimate of drug-likeness (QED) is 0.771. The van der Waals surface area contributed by atoms with Gasteiger partial charge in [0.05, 0.1) is 0 Å². The van der Waals surface area contributed by atoms with Crippen molar-refractivity contribution in [3.05, 3.63) is 89.3 Å². The van der Waals surface area contributed by atoms with Gasteiger partial charge >= 0.3 is 0 Å². The van der Waals surface area contributed by atoms with Crippen molar-refractivity contribution in [2.75, 3.05) is 0 Å². The van der Waals surface area contributed by atoms with Gasteiger partial charge in [-0.25, -0.2) is 0 Å². The van der Waals surface area contributed by atoms with Crippen molar-refractivity contribution in [3.63, 3.8) is 0 Å². The summed E-state index contributed by atoms with van der Waals surface area (Å²) in [5, 5.41) is 0. The lowest BCUT2D eigenvalue weighted by molar-refractivity contribution is 0.654. The summed E-state index contributed by atoms with van der Waals surface area (Å²) in [4.78, 5) is 3.26. The fraction of sp³-hybridized carbons (Fsp3) is 0.111. The molecule has 1 aromatic carbocycles. The molecule has 1 aromatic heterocycles. The molecule has 0 saturated carbocycles. The summed E-state index contributed by atoms with van der Waals surface area (Å²) in [6, 6.07) is 10.8. The Labute approximate surface area is 113 Å². The van der Waals surface area contributed by atoms with Gasteiger partial charge in [-0.2, -0.15) is 0 Å². The SMILES string of the molecule is C1=CC2=Cc3c[nH]cc3C(c3ccccc3)C2C=C1. The molecule has 0 amide bonds. The Morgan fingerprint density at radius 1 is 0.947 bits per heavy atom. The molecular weight excluding hydrogens is 230 g/mol. The number of allylic oxidation sites excluding steroid dienone is 5. The predicted molar refractivity (Wildman–Crippen MR) is 78.8 cm³/mol. The Bertz CT molecular complexity index is 685. The number of hydrogen-bond donors (Lipinski definition) is 1. The van der Waals surface area contributed by atoms with Crippen molar-refractivity contribution in [1.82, 2.24) is 4.98 Å². The van der Waals surface area contributed by atoms with E-state index in [0.717, 1.165) is 0 Å². The molecule has 0 fully saturated rings. The highest BCUT2D eigenvalue weighted by Crippen LogP contribution is 2.44. The van der Waals surface area contributed by atoms with Crippen LogP contribution in [0, 0.1) is 5.92 Å². The monoisotopic (exact) mass is 245 g/mol. The number of H-pyrrole nitrogens is 1. The van der Waals surface area contributed by atoms with E-state index in [1.54, 1.807) is 0 Å². The number of hydrogen-bond acceptors (Lipinski definition) is 0. The van der Waals surface area contributed by atoms with Gasteiger partial charge in [-0.15, -0.1) is 0 Å². The third-order valence-electron chi connectivity index (χ3n) is 4.09. The topological polar surface area (TPSA) is 15.8 Å². The standard InChI is InChI=1S/C18H15N/c1-2-6-13(7-3-1)18-16-9-5-4-8-14(16)10-15-11-19-12-17(15)18/h1-12,16,18-19H. The number of aromatic nitrogens is 1. The summed E-state index contributed by atoms with van der Waals surface area (Å²) in [5.74, 6) is 0.874. The molecule has 0 bridgehead atoms. The molecule has 1 heterocycles. The van der Waals surface area contributed by atoms with Crippen molar-refractivity contribution in [3.8, 4) is 0 Å². The van der Waals surface area contributed by atoms with Gasteiger partial charge in [0, 0.05) is 24.2 Å². The molecule has 1 N–H and O–H groups in total. The molecule has 1 nitrogen and oxygen atoms in total. The second kappa shape index (κ2) is 4.13. The van der Waals surface area contributed by atoms with E-state index in [4.69, 9.17) is 0 Å². The van der Waals surface area contributed by atoms with Gasteiger partial charge < -0.3 is 4.98 Å². The van der Waals surface area contributed by atoms with E-state index in [2.05, 4.69) is 78.1 Å². The van der Waals surface area contributed by atoms with Crippen LogP contribution in [-0.2, 0) is 0 Å². The maximum atomic E-state index is 3.26. The average Bonchev–Trinajstić information content (AvgIpc) is 2.93. The van der Waals surface area contributed by atoms with Crippen LogP contribution >= 0.6 is 0 Å². The molecule has 2 aliphatic carbocycles. The highest BCUT2D eigenvalue weighted by atomic mass is 14.6. The number of fused-ring (bicyclic) bond motifs is 2. The molecule has 2 aliphatic rings. The average molecular weight is 245 g/mol. The van der Waals surface area contributed by atoms with Gasteiger partial charge in [-0.3, -0.25) is 0 Å². The van der Waals surface area contributed by atoms with E-state index in [0.29, 0.717) is 11.8 Å². The van der Waals surface area contributed by atoms with Gasteiger partial charge in [0.15, 0.2) is 0 Å². The lowest BCUT2D eigenvalue weighted by atomic mass is 9.71. The molecule has 4 rings (SSSR count). The van der Waals surface area contributed by atoms with E-state index >= 15 is 0 Å². The molecule has 2 atom stereocenters. The Hall–Kier alpha value is -2.28. The Kier molecular flexibility index (Phi) is 2.31. The Balaban J connectivity index is 1.92. The van der Waals surface area contributed by atoms with Crippen LogP contribution in [0.4, 0.5) is 0 Å². The van der Waals surface area contributed by atoms with Gasteiger partial charge in [-0.05, 0) is 28.3 Å². The van der Waals surface area contributed by atoms with Crippen LogP contribution in [0.25, 0.3) is 6.08 Å². The van der Waals surface area contributed by atoms with Crippen LogP contribution < -0.4 is 0 Å². The van der Waals surface area contributed by atoms with E-state index < -0.39 is 0 Å². The summed E-state index contributed by atoms with van der Waals surface area (Å²) in [5.41, 5.74) is 5.52. The molecule has 92 valence electrons. The first-order chi connectivity index (χ1) is 9.43. The van der Waals surface area contributed by atoms with Crippen LogP contribution in [0.5, 0.6) is 0 Å². The first kappa shape index (κ1) is 10.6. The maximum absolute atomic E-state index is 3.26. The molecule has 2 aromatic rings. The van der Waals surface area contributed by atoms with Gasteiger partial charge in [0.25, 0.3) is 0 Å². The summed E-state index contributed by atoms with van der Waals surface area (Å²) in [6.07, 6.45) is 15.4. The van der Waals surface area contributed by atoms with Crippen LogP contribution in [0.3, 0.4) is 0 Å². The fourth-order valence-corrected chi connectivity index (χ4v) is 3.22. The summed E-state index contributed by atoms with van der Waals surface area (Å²) >= 11 is 0. The zero-order valence-corrected chi connectivity index (χ0v) is 10.6. The predicted octanol–water partition coefficient (Wildman–Crippen LogP) is 4.29. The number of aromatic amines is 1. The third kappa shape index (κ3) is 1.62. The van der Waals surface area contributed by atoms with Crippen molar-refractivity contribution >= 4 is 6.08 Å². The van der Waals surface area contributed by atoms with Crippen molar-refractivity contribution in [1.29, 1.82) is 0 Å². The first-order valence-corrected chi connectivity index (χ1v) is 6.71. The zero-order valence-electron chi connectivity index (χ0n) is 10.6. The molecule has 0 aliphatic heterocycles. The second-order valence-corrected chi connectivity index (χ2v) is 5.17. The van der Waals surface area contributed by atoms with Crippen LogP contribution in [0.15, 0.2) is 72.6 Å². The number of benzene rings is 1. The Morgan fingerprint density at radius 3 is 2.74 bits per heavy atom. The molecule has 19 heavy (non-hydrogen) atoms. The minimum absolute atomic E-state index is 0.420. The molecule has 2 unspecified atom stereocenters. The van der Waals surface area contributed by atoms with Crippen molar-refractivity contribution in [2.45, 2.75) is 5.92 Å². The molecule has 0 spiro atoms. The first-order valence-electron chi connectivity index (χ1n) is 6.71. The zero-order chi connectivity index (χ0) is 12.7. The van der Waals surface area contributed by atoms with Crippen LogP contribution in [0.2, 0.25) is 0 Å². The summed E-state index contributed by atoms with van der Waals surface area (Å²) in [7, 11) is 0. The maximum Gasteiger partial charge on any atom is 0.0214 e. The second-order valence-electron chi connectivity index (χ2n) is 5.17. The fourth-order valence-electron chi connectivity index (χ4n) is 3.22. The van der Waals surface area contributed by atoms with Crippen molar-refractivity contribution < 1.29 is 0 Å². The van der Waals surface area contributed by atoms with E-state index in [-0.39, 0.29) is 0 Å². The van der Waals surface area contributed by atoms with E-state index in [1.165, 1.54) is 22.3 Å². The minimum atomic E-state index is 0.420. The van der Waals surface area contributed by atoms with Gasteiger partial charge in [0.1, 0.15) is 0 Å². The highest BCUT2D eigenvalue weighted by molar-refractivity contribution is 5.67. The summed E-state index contributed by atoms with van der Waals surface area (Å²) < 4.78 is 0. The molecule has 0 radical (unpaired) electrons. The largest absolute Gasteiger partial charge is 0.367 e. The third-order valence-corrected chi connectivity index (χ3v) is 4.09. The highest BCUT2D eigenvalue weighted by Gasteiger charge is 2.31. The van der Waals surface area contributed by atoms with Gasteiger partial charge in [-0.1, -0.05) is 54.6 Å². The molecule has 0 saturated heterocycles. The lowest BCUT2D eigenvalue weighted by Crippen LogP contribution is -2.18. The van der Waals surface area contributed by atoms with Crippen LogP contribution in [-0.4, -0.2) is 4.98 Å². The van der Waals surface area contributed by atoms with Crippen LogP contribution in [0.1, 0.15) is 22.6 Å². The minimum Gasteiger partial charge on any atom is -0.367 e. The molecule has 1 heteroatoms. The summed E-state index contributed by atoms with van der Waals surface area (Å²) in [6.45, 7) is 0. The van der Waals surface area contributed by atoms with E-state index in [9.17, 15) is 0 Å². The van der Waals surface area contributed by atoms with Crippen molar-refractivity contribution in [2.24, 2.45) is 5.92 Å². The Morgan fingerprint density at radius 2 is 1.84 bits per heavy atom. The molecular formula is C18H15N. The van der Waals surface area contributed by atoms with Gasteiger partial charge in [0.2, 0.25) is 0 Å². The smallest absolute Gasteiger partial charge is 0.0214 e. The number of nitrogens with one attached hydrogen (secondary N) is 1.